The van der Waals surface area contributed by atoms with Crippen LogP contribution in [0.4, 0.5) is 0 Å². The number of nitrogens with zero attached hydrogens (tertiary/aromatic N) is 1. The van der Waals surface area contributed by atoms with Gasteiger partial charge in [-0.05, 0) is 24.6 Å². The summed E-state index contributed by atoms with van der Waals surface area (Å²) in [5, 5.41) is 14.1. The molecule has 2 N–H and O–H groups in total. The Kier molecular flexibility index (Phi) is 2.75. The molecule has 2 rings (SSSR count). The van der Waals surface area contributed by atoms with Crippen LogP contribution in [0.2, 0.25) is 0 Å². The molecule has 0 saturated carbocycles. The molecule has 1 unspecified atom stereocenters. The van der Waals surface area contributed by atoms with E-state index in [1.807, 2.05) is 36.9 Å². The summed E-state index contributed by atoms with van der Waals surface area (Å²) in [7, 11) is 3.82. The summed E-state index contributed by atoms with van der Waals surface area (Å²) in [5.41, 5.74) is 2.10. The van der Waals surface area contributed by atoms with Gasteiger partial charge in [0.2, 0.25) is 0 Å². The Bertz CT molecular complexity index is 462. The quantitative estimate of drug-likeness (QED) is 0.793. The van der Waals surface area contributed by atoms with E-state index in [0.29, 0.717) is 6.54 Å². The first-order valence-electron chi connectivity index (χ1n) is 5.11. The van der Waals surface area contributed by atoms with Crippen LogP contribution in [-0.4, -0.2) is 23.3 Å². The third-order valence-electron chi connectivity index (χ3n) is 2.73. The second-order valence-corrected chi connectivity index (χ2v) is 3.76. The van der Waals surface area contributed by atoms with Crippen LogP contribution in [0, 0.1) is 0 Å². The first kappa shape index (κ1) is 10.2. The van der Waals surface area contributed by atoms with Gasteiger partial charge in [0.15, 0.2) is 0 Å². The van der Waals surface area contributed by atoms with Crippen molar-refractivity contribution in [2.45, 2.75) is 6.10 Å². The Balaban J connectivity index is 2.48. The van der Waals surface area contributed by atoms with Crippen LogP contribution in [0.1, 0.15) is 11.8 Å². The number of benzene rings is 1. The van der Waals surface area contributed by atoms with E-state index in [0.717, 1.165) is 11.2 Å². The van der Waals surface area contributed by atoms with Crippen LogP contribution in [0.5, 0.6) is 0 Å². The van der Waals surface area contributed by atoms with Gasteiger partial charge >= 0.3 is 0 Å². The minimum absolute atomic E-state index is 0.451. The normalized spacial score (nSPS) is 13.3. The molecule has 0 spiro atoms. The topological polar surface area (TPSA) is 37.2 Å². The van der Waals surface area contributed by atoms with Gasteiger partial charge in [-0.3, -0.25) is 0 Å². The average Bonchev–Trinajstić information content (AvgIpc) is 2.57. The number of aliphatic hydroxyl groups excluding tert-OH is 1. The maximum atomic E-state index is 9.92. The zero-order valence-electron chi connectivity index (χ0n) is 9.07. The lowest BCUT2D eigenvalue weighted by atomic mass is 10.2. The summed E-state index contributed by atoms with van der Waals surface area (Å²) in [5.74, 6) is 0. The summed E-state index contributed by atoms with van der Waals surface area (Å²) in [6.07, 6.45) is -0.451. The Hall–Kier alpha value is -1.32. The Morgan fingerprint density at radius 3 is 2.80 bits per heavy atom. The number of hydrogen-bond donors (Lipinski definition) is 2. The van der Waals surface area contributed by atoms with Gasteiger partial charge in [0, 0.05) is 24.8 Å². The van der Waals surface area contributed by atoms with Gasteiger partial charge < -0.3 is 15.0 Å². The molecule has 1 heterocycles. The Morgan fingerprint density at radius 2 is 2.13 bits per heavy atom. The van der Waals surface area contributed by atoms with E-state index >= 15 is 0 Å². The van der Waals surface area contributed by atoms with E-state index in [4.69, 9.17) is 0 Å². The zero-order chi connectivity index (χ0) is 10.8. The van der Waals surface area contributed by atoms with Gasteiger partial charge in [0.25, 0.3) is 0 Å². The molecule has 15 heavy (non-hydrogen) atoms. The van der Waals surface area contributed by atoms with Gasteiger partial charge in [0.1, 0.15) is 6.10 Å². The van der Waals surface area contributed by atoms with Gasteiger partial charge in [-0.25, -0.2) is 0 Å². The number of aryl methyl sites for hydroxylation is 1. The minimum atomic E-state index is -0.451. The van der Waals surface area contributed by atoms with E-state index in [1.54, 1.807) is 0 Å². The fraction of sp³-hybridized carbons (Fsp3) is 0.333. The highest BCUT2D eigenvalue weighted by atomic mass is 16.3. The van der Waals surface area contributed by atoms with Gasteiger partial charge in [-0.1, -0.05) is 18.2 Å². The number of fused-ring (bicyclic) bond motifs is 1. The molecule has 0 fully saturated rings. The molecule has 0 bridgehead atoms. The molecule has 80 valence electrons. The van der Waals surface area contributed by atoms with Crippen LogP contribution in [0.25, 0.3) is 10.9 Å². The molecule has 2 aromatic rings. The lowest BCUT2D eigenvalue weighted by Gasteiger charge is -2.11. The molecular formula is C12H16N2O. The number of aliphatic hydroxyl groups is 1. The number of nitrogens with one attached hydrogen (secondary N) is 1. The van der Waals surface area contributed by atoms with Crippen molar-refractivity contribution < 1.29 is 5.11 Å². The maximum absolute atomic E-state index is 9.92. The van der Waals surface area contributed by atoms with Crippen molar-refractivity contribution in [1.29, 1.82) is 0 Å². The molecule has 0 radical (unpaired) electrons. The minimum Gasteiger partial charge on any atom is -0.386 e. The van der Waals surface area contributed by atoms with Crippen molar-refractivity contribution in [2.75, 3.05) is 13.6 Å². The number of likely N-dealkylation sites (N-methyl/N-ethyl adjacent to an activating group) is 1. The molecule has 1 aromatic heterocycles. The van der Waals surface area contributed by atoms with Crippen molar-refractivity contribution in [3.8, 4) is 0 Å². The highest BCUT2D eigenvalue weighted by molar-refractivity contribution is 5.81. The fourth-order valence-electron chi connectivity index (χ4n) is 1.93. The Morgan fingerprint density at radius 1 is 1.40 bits per heavy atom. The smallest absolute Gasteiger partial charge is 0.106 e. The number of hydrogen-bond acceptors (Lipinski definition) is 2. The summed E-state index contributed by atoms with van der Waals surface area (Å²) >= 11 is 0. The zero-order valence-corrected chi connectivity index (χ0v) is 9.07. The lowest BCUT2D eigenvalue weighted by Crippen LogP contribution is -2.18. The first-order valence-corrected chi connectivity index (χ1v) is 5.11. The van der Waals surface area contributed by atoms with Crippen molar-refractivity contribution in [1.82, 2.24) is 9.88 Å². The molecular weight excluding hydrogens is 188 g/mol. The SMILES string of the molecule is CNCC(O)c1cc2ccccc2n1C. The summed E-state index contributed by atoms with van der Waals surface area (Å²) in [6, 6.07) is 10.2. The highest BCUT2D eigenvalue weighted by Crippen LogP contribution is 2.22. The molecule has 1 aromatic carbocycles. The first-order chi connectivity index (χ1) is 7.24. The van der Waals surface area contributed by atoms with Crippen LogP contribution in [-0.2, 0) is 7.05 Å². The van der Waals surface area contributed by atoms with Crippen molar-refractivity contribution in [3.63, 3.8) is 0 Å². The predicted octanol–water partition coefficient (Wildman–Crippen LogP) is 1.43. The lowest BCUT2D eigenvalue weighted by molar-refractivity contribution is 0.170. The second kappa shape index (κ2) is 4.04. The number of aromatic nitrogens is 1. The molecule has 0 aliphatic rings. The molecule has 0 amide bonds. The van der Waals surface area contributed by atoms with Crippen LogP contribution in [0.3, 0.4) is 0 Å². The predicted molar refractivity (Wildman–Crippen MR) is 61.8 cm³/mol. The van der Waals surface area contributed by atoms with Gasteiger partial charge in [-0.15, -0.1) is 0 Å². The standard InChI is InChI=1S/C12H16N2O/c1-13-8-12(15)11-7-9-5-3-4-6-10(9)14(11)2/h3-7,12-13,15H,8H2,1-2H3. The van der Waals surface area contributed by atoms with E-state index in [1.165, 1.54) is 5.39 Å². The number of para-hydroxylation sites is 1. The summed E-state index contributed by atoms with van der Waals surface area (Å²) in [4.78, 5) is 0. The third-order valence-corrected chi connectivity index (χ3v) is 2.73. The van der Waals surface area contributed by atoms with E-state index < -0.39 is 6.10 Å². The van der Waals surface area contributed by atoms with Gasteiger partial charge in [-0.2, -0.15) is 0 Å². The molecule has 0 aliphatic heterocycles. The van der Waals surface area contributed by atoms with E-state index in [9.17, 15) is 5.11 Å². The molecule has 3 heteroatoms. The monoisotopic (exact) mass is 204 g/mol. The van der Waals surface area contributed by atoms with Crippen LogP contribution in [0.15, 0.2) is 30.3 Å². The second-order valence-electron chi connectivity index (χ2n) is 3.76. The van der Waals surface area contributed by atoms with Crippen molar-refractivity contribution in [3.05, 3.63) is 36.0 Å². The largest absolute Gasteiger partial charge is 0.386 e. The summed E-state index contributed by atoms with van der Waals surface area (Å²) < 4.78 is 2.04. The number of rotatable bonds is 3. The Labute approximate surface area is 89.3 Å². The highest BCUT2D eigenvalue weighted by Gasteiger charge is 2.12. The van der Waals surface area contributed by atoms with Crippen molar-refractivity contribution >= 4 is 10.9 Å². The molecule has 0 aliphatic carbocycles. The summed E-state index contributed by atoms with van der Waals surface area (Å²) in [6.45, 7) is 0.574. The van der Waals surface area contributed by atoms with Crippen molar-refractivity contribution in [2.24, 2.45) is 7.05 Å². The van der Waals surface area contributed by atoms with E-state index in [2.05, 4.69) is 17.4 Å². The third kappa shape index (κ3) is 1.76. The van der Waals surface area contributed by atoms with E-state index in [-0.39, 0.29) is 0 Å². The molecule has 0 saturated heterocycles. The van der Waals surface area contributed by atoms with Crippen LogP contribution >= 0.6 is 0 Å². The fourth-order valence-corrected chi connectivity index (χ4v) is 1.93. The molecule has 1 atom stereocenters. The molecule has 3 nitrogen and oxygen atoms in total. The van der Waals surface area contributed by atoms with Gasteiger partial charge in [0.05, 0.1) is 0 Å². The maximum Gasteiger partial charge on any atom is 0.106 e. The van der Waals surface area contributed by atoms with Crippen LogP contribution < -0.4 is 5.32 Å². The average molecular weight is 204 g/mol.